The summed E-state index contributed by atoms with van der Waals surface area (Å²) in [5.74, 6) is -0.113. The van der Waals surface area contributed by atoms with Crippen LogP contribution in [-0.2, 0) is 6.42 Å². The maximum atomic E-state index is 13.3. The Bertz CT molecular complexity index is 299. The van der Waals surface area contributed by atoms with Crippen LogP contribution in [0.2, 0.25) is 0 Å². The van der Waals surface area contributed by atoms with E-state index in [1.54, 1.807) is 0 Å². The van der Waals surface area contributed by atoms with Gasteiger partial charge in [0.2, 0.25) is 0 Å². The predicted molar refractivity (Wildman–Crippen MR) is 61.0 cm³/mol. The van der Waals surface area contributed by atoms with Crippen molar-refractivity contribution in [1.29, 1.82) is 0 Å². The van der Waals surface area contributed by atoms with Gasteiger partial charge >= 0.3 is 0 Å². The van der Waals surface area contributed by atoms with Crippen molar-refractivity contribution in [2.24, 2.45) is 0 Å². The quantitative estimate of drug-likeness (QED) is 0.804. The molecule has 0 unspecified atom stereocenters. The Labute approximate surface area is 93.0 Å². The minimum Gasteiger partial charge on any atom is -0.309 e. The molecule has 0 bridgehead atoms. The Morgan fingerprint density at radius 2 is 2.07 bits per heavy atom. The maximum absolute atomic E-state index is 13.3. The molecule has 0 spiro atoms. The second-order valence-electron chi connectivity index (χ2n) is 3.64. The topological polar surface area (TPSA) is 3.24 Å². The highest BCUT2D eigenvalue weighted by Gasteiger charge is 2.02. The first kappa shape index (κ1) is 11.7. The molecule has 0 aromatic heterocycles. The van der Waals surface area contributed by atoms with Crippen molar-refractivity contribution in [3.8, 4) is 0 Å². The van der Waals surface area contributed by atoms with Crippen LogP contribution >= 0.6 is 15.9 Å². The molecule has 1 aromatic carbocycles. The minimum absolute atomic E-state index is 0.113. The highest BCUT2D eigenvalue weighted by molar-refractivity contribution is 9.10. The summed E-state index contributed by atoms with van der Waals surface area (Å²) >= 11 is 3.24. The molecule has 0 aliphatic heterocycles. The molecule has 1 aromatic rings. The molecule has 1 rings (SSSR count). The van der Waals surface area contributed by atoms with E-state index in [0.717, 1.165) is 29.4 Å². The highest BCUT2D eigenvalue weighted by atomic mass is 79.9. The smallest absolute Gasteiger partial charge is 0.127 e. The van der Waals surface area contributed by atoms with Gasteiger partial charge in [0.05, 0.1) is 0 Å². The van der Waals surface area contributed by atoms with Gasteiger partial charge in [0.1, 0.15) is 5.82 Å². The number of aryl methyl sites for hydroxylation is 1. The van der Waals surface area contributed by atoms with Crippen molar-refractivity contribution >= 4 is 15.9 Å². The minimum atomic E-state index is -0.113. The molecular formula is C11H15BrFN. The van der Waals surface area contributed by atoms with E-state index in [0.29, 0.717) is 0 Å². The molecular weight excluding hydrogens is 245 g/mol. The molecule has 0 fully saturated rings. The lowest BCUT2D eigenvalue weighted by atomic mass is 10.1. The van der Waals surface area contributed by atoms with E-state index in [1.807, 2.05) is 26.2 Å². The van der Waals surface area contributed by atoms with Crippen LogP contribution in [0.5, 0.6) is 0 Å². The zero-order valence-electron chi connectivity index (χ0n) is 8.56. The highest BCUT2D eigenvalue weighted by Crippen LogP contribution is 2.16. The van der Waals surface area contributed by atoms with Gasteiger partial charge in [-0.15, -0.1) is 0 Å². The molecule has 0 radical (unpaired) electrons. The zero-order chi connectivity index (χ0) is 10.6. The molecule has 1 nitrogen and oxygen atoms in total. The molecule has 0 aliphatic carbocycles. The van der Waals surface area contributed by atoms with Gasteiger partial charge in [-0.2, -0.15) is 0 Å². The summed E-state index contributed by atoms with van der Waals surface area (Å²) in [6.45, 7) is 0.996. The van der Waals surface area contributed by atoms with Crippen molar-refractivity contribution in [3.63, 3.8) is 0 Å². The van der Waals surface area contributed by atoms with Crippen LogP contribution in [0.15, 0.2) is 22.7 Å². The number of hydrogen-bond acceptors (Lipinski definition) is 1. The number of rotatable bonds is 4. The third kappa shape index (κ3) is 3.76. The third-order valence-electron chi connectivity index (χ3n) is 2.07. The van der Waals surface area contributed by atoms with Gasteiger partial charge < -0.3 is 4.90 Å². The van der Waals surface area contributed by atoms with Crippen LogP contribution < -0.4 is 0 Å². The number of halogens is 2. The number of nitrogens with zero attached hydrogens (tertiary/aromatic N) is 1. The lowest BCUT2D eigenvalue weighted by Crippen LogP contribution is -2.13. The van der Waals surface area contributed by atoms with Crippen molar-refractivity contribution < 1.29 is 4.39 Å². The van der Waals surface area contributed by atoms with Crippen LogP contribution in [0.3, 0.4) is 0 Å². The Balaban J connectivity index is 2.51. The molecule has 0 atom stereocenters. The largest absolute Gasteiger partial charge is 0.309 e. The van der Waals surface area contributed by atoms with E-state index in [4.69, 9.17) is 0 Å². The zero-order valence-corrected chi connectivity index (χ0v) is 10.1. The van der Waals surface area contributed by atoms with Crippen molar-refractivity contribution in [1.82, 2.24) is 4.90 Å². The summed E-state index contributed by atoms with van der Waals surface area (Å²) in [4.78, 5) is 2.11. The number of hydrogen-bond donors (Lipinski definition) is 0. The van der Waals surface area contributed by atoms with E-state index in [2.05, 4.69) is 20.8 Å². The van der Waals surface area contributed by atoms with E-state index in [1.165, 1.54) is 6.07 Å². The Morgan fingerprint density at radius 1 is 1.36 bits per heavy atom. The molecule has 3 heteroatoms. The summed E-state index contributed by atoms with van der Waals surface area (Å²) in [6.07, 6.45) is 1.79. The van der Waals surface area contributed by atoms with E-state index in [-0.39, 0.29) is 5.82 Å². The van der Waals surface area contributed by atoms with Crippen LogP contribution in [0.4, 0.5) is 4.39 Å². The predicted octanol–water partition coefficient (Wildman–Crippen LogP) is 3.08. The van der Waals surface area contributed by atoms with Crippen LogP contribution in [0.25, 0.3) is 0 Å². The maximum Gasteiger partial charge on any atom is 0.127 e. The summed E-state index contributed by atoms with van der Waals surface area (Å²) in [7, 11) is 4.05. The standard InChI is InChI=1S/C11H15BrFN/c1-14(2)7-3-4-9-5-6-10(12)8-11(9)13/h5-6,8H,3-4,7H2,1-2H3. The summed E-state index contributed by atoms with van der Waals surface area (Å²) in [6, 6.07) is 5.24. The summed E-state index contributed by atoms with van der Waals surface area (Å²) in [5, 5.41) is 0. The van der Waals surface area contributed by atoms with E-state index in [9.17, 15) is 4.39 Å². The third-order valence-corrected chi connectivity index (χ3v) is 2.56. The van der Waals surface area contributed by atoms with Gasteiger partial charge in [-0.25, -0.2) is 4.39 Å². The Hall–Kier alpha value is -0.410. The van der Waals surface area contributed by atoms with Crippen LogP contribution in [0, 0.1) is 5.82 Å². The molecule has 14 heavy (non-hydrogen) atoms. The molecule has 0 aliphatic rings. The average molecular weight is 260 g/mol. The van der Waals surface area contributed by atoms with Gasteiger partial charge in [0.25, 0.3) is 0 Å². The van der Waals surface area contributed by atoms with Gasteiger partial charge in [-0.05, 0) is 51.2 Å². The summed E-state index contributed by atoms with van der Waals surface area (Å²) < 4.78 is 14.1. The monoisotopic (exact) mass is 259 g/mol. The average Bonchev–Trinajstić information content (AvgIpc) is 2.08. The fourth-order valence-electron chi connectivity index (χ4n) is 1.31. The Morgan fingerprint density at radius 3 is 2.64 bits per heavy atom. The molecule has 0 N–H and O–H groups in total. The van der Waals surface area contributed by atoms with Crippen molar-refractivity contribution in [2.75, 3.05) is 20.6 Å². The van der Waals surface area contributed by atoms with E-state index < -0.39 is 0 Å². The molecule has 0 amide bonds. The molecule has 78 valence electrons. The van der Waals surface area contributed by atoms with Crippen molar-refractivity contribution in [2.45, 2.75) is 12.8 Å². The van der Waals surface area contributed by atoms with Crippen LogP contribution in [0.1, 0.15) is 12.0 Å². The second-order valence-corrected chi connectivity index (χ2v) is 4.56. The summed E-state index contributed by atoms with van der Waals surface area (Å²) in [5.41, 5.74) is 0.801. The molecule has 0 saturated carbocycles. The second kappa shape index (κ2) is 5.47. The first-order chi connectivity index (χ1) is 6.59. The molecule has 0 saturated heterocycles. The van der Waals surface area contributed by atoms with Gasteiger partial charge in [0.15, 0.2) is 0 Å². The first-order valence-electron chi connectivity index (χ1n) is 4.68. The van der Waals surface area contributed by atoms with Gasteiger partial charge in [0, 0.05) is 4.47 Å². The van der Waals surface area contributed by atoms with Crippen molar-refractivity contribution in [3.05, 3.63) is 34.1 Å². The fourth-order valence-corrected chi connectivity index (χ4v) is 1.64. The number of benzene rings is 1. The molecule has 0 heterocycles. The lowest BCUT2D eigenvalue weighted by molar-refractivity contribution is 0.399. The normalized spacial score (nSPS) is 10.9. The first-order valence-corrected chi connectivity index (χ1v) is 5.47. The fraction of sp³-hybridized carbons (Fsp3) is 0.455. The van der Waals surface area contributed by atoms with Gasteiger partial charge in [-0.3, -0.25) is 0 Å². The van der Waals surface area contributed by atoms with Crippen LogP contribution in [-0.4, -0.2) is 25.5 Å². The van der Waals surface area contributed by atoms with Gasteiger partial charge in [-0.1, -0.05) is 22.0 Å². The lowest BCUT2D eigenvalue weighted by Gasteiger charge is -2.09. The SMILES string of the molecule is CN(C)CCCc1ccc(Br)cc1F. The van der Waals surface area contributed by atoms with E-state index >= 15 is 0 Å². The Kier molecular flexibility index (Phi) is 4.55.